The minimum absolute atomic E-state index is 0.234. The van der Waals surface area contributed by atoms with E-state index in [1.807, 2.05) is 36.4 Å². The predicted molar refractivity (Wildman–Crippen MR) is 98.4 cm³/mol. The van der Waals surface area contributed by atoms with E-state index >= 15 is 0 Å². The van der Waals surface area contributed by atoms with Gasteiger partial charge in [0, 0.05) is 6.04 Å². The summed E-state index contributed by atoms with van der Waals surface area (Å²) >= 11 is 1.57. The molecule has 6 heteroatoms. The molecule has 2 aromatic carbocycles. The largest absolute Gasteiger partial charge is 0.497 e. The fraction of sp³-hybridized carbons (Fsp3) is 0.263. The number of methoxy groups -OCH3 is 1. The third-order valence-corrected chi connectivity index (χ3v) is 5.01. The van der Waals surface area contributed by atoms with Gasteiger partial charge in [0.1, 0.15) is 12.4 Å². The van der Waals surface area contributed by atoms with Crippen molar-refractivity contribution < 1.29 is 14.3 Å². The first kappa shape index (κ1) is 15.9. The lowest BCUT2D eigenvalue weighted by atomic mass is 10.2. The van der Waals surface area contributed by atoms with Crippen LogP contribution in [0.2, 0.25) is 0 Å². The van der Waals surface area contributed by atoms with Crippen molar-refractivity contribution in [2.75, 3.05) is 12.4 Å². The van der Waals surface area contributed by atoms with Crippen LogP contribution in [0.15, 0.2) is 42.5 Å². The Labute approximate surface area is 149 Å². The number of fused-ring (bicyclic) bond motifs is 1. The Morgan fingerprint density at radius 3 is 2.76 bits per heavy atom. The summed E-state index contributed by atoms with van der Waals surface area (Å²) in [7, 11) is 1.62. The Hall–Kier alpha value is -2.60. The van der Waals surface area contributed by atoms with Gasteiger partial charge >= 0.3 is 5.97 Å². The molecule has 0 bridgehead atoms. The van der Waals surface area contributed by atoms with Crippen molar-refractivity contribution in [1.82, 2.24) is 4.98 Å². The number of thiazole rings is 1. The van der Waals surface area contributed by atoms with Gasteiger partial charge in [0.05, 0.1) is 22.9 Å². The highest BCUT2D eigenvalue weighted by Gasteiger charge is 2.22. The van der Waals surface area contributed by atoms with E-state index in [2.05, 4.69) is 10.3 Å². The Balaban J connectivity index is 1.43. The van der Waals surface area contributed by atoms with Gasteiger partial charge in [-0.15, -0.1) is 0 Å². The Morgan fingerprint density at radius 2 is 2.04 bits per heavy atom. The van der Waals surface area contributed by atoms with Crippen molar-refractivity contribution in [3.63, 3.8) is 0 Å². The molecule has 1 heterocycles. The summed E-state index contributed by atoms with van der Waals surface area (Å²) in [5.41, 5.74) is 2.37. The second-order valence-corrected chi connectivity index (χ2v) is 7.07. The number of hydrogen-bond donors (Lipinski definition) is 1. The van der Waals surface area contributed by atoms with Gasteiger partial charge in [0.25, 0.3) is 0 Å². The number of ether oxygens (including phenoxy) is 2. The van der Waals surface area contributed by atoms with Gasteiger partial charge in [-0.2, -0.15) is 0 Å². The summed E-state index contributed by atoms with van der Waals surface area (Å²) in [6, 6.07) is 13.5. The smallest absolute Gasteiger partial charge is 0.338 e. The summed E-state index contributed by atoms with van der Waals surface area (Å²) in [6.07, 6.45) is 2.41. The lowest BCUT2D eigenvalue weighted by Gasteiger charge is -2.06. The maximum absolute atomic E-state index is 12.3. The van der Waals surface area contributed by atoms with Crippen LogP contribution in [0.1, 0.15) is 28.8 Å². The molecule has 0 radical (unpaired) electrons. The van der Waals surface area contributed by atoms with Crippen molar-refractivity contribution in [3.8, 4) is 5.75 Å². The standard InChI is InChI=1S/C19H18N2O3S/c1-23-15-7-2-12(3-8-15)11-24-18(22)13-4-9-16-17(10-13)25-19(21-16)20-14-5-6-14/h2-4,7-10,14H,5-6,11H2,1H3,(H,20,21). The van der Waals surface area contributed by atoms with E-state index in [0.717, 1.165) is 26.7 Å². The van der Waals surface area contributed by atoms with E-state index in [4.69, 9.17) is 9.47 Å². The average Bonchev–Trinajstić information content (AvgIpc) is 3.36. The molecule has 25 heavy (non-hydrogen) atoms. The van der Waals surface area contributed by atoms with E-state index in [0.29, 0.717) is 11.6 Å². The number of nitrogens with one attached hydrogen (secondary N) is 1. The minimum Gasteiger partial charge on any atom is -0.497 e. The fourth-order valence-corrected chi connectivity index (χ4v) is 3.45. The first-order valence-corrected chi connectivity index (χ1v) is 9.00. The highest BCUT2D eigenvalue weighted by atomic mass is 32.1. The molecule has 1 aliphatic rings. The van der Waals surface area contributed by atoms with Crippen molar-refractivity contribution in [2.24, 2.45) is 0 Å². The Morgan fingerprint density at radius 1 is 1.24 bits per heavy atom. The number of rotatable bonds is 6. The fourth-order valence-electron chi connectivity index (χ4n) is 2.47. The first-order valence-electron chi connectivity index (χ1n) is 8.18. The number of carbonyl (C=O) groups excluding carboxylic acids is 1. The molecule has 0 saturated heterocycles. The van der Waals surface area contributed by atoms with E-state index in [-0.39, 0.29) is 12.6 Å². The number of anilines is 1. The van der Waals surface area contributed by atoms with Crippen LogP contribution in [-0.4, -0.2) is 24.1 Å². The molecular weight excluding hydrogens is 336 g/mol. The second kappa shape index (κ2) is 6.72. The molecule has 0 atom stereocenters. The molecule has 5 nitrogen and oxygen atoms in total. The quantitative estimate of drug-likeness (QED) is 0.671. The van der Waals surface area contributed by atoms with Gasteiger partial charge in [-0.1, -0.05) is 23.5 Å². The zero-order valence-electron chi connectivity index (χ0n) is 13.8. The third-order valence-electron chi connectivity index (χ3n) is 4.06. The van der Waals surface area contributed by atoms with E-state index in [9.17, 15) is 4.79 Å². The summed E-state index contributed by atoms with van der Waals surface area (Å²) in [5, 5.41) is 4.31. The maximum atomic E-state index is 12.3. The predicted octanol–water partition coefficient (Wildman–Crippen LogP) is 4.24. The van der Waals surface area contributed by atoms with Gasteiger partial charge in [-0.05, 0) is 48.7 Å². The van der Waals surface area contributed by atoms with Crippen molar-refractivity contribution in [3.05, 3.63) is 53.6 Å². The van der Waals surface area contributed by atoms with Crippen molar-refractivity contribution in [1.29, 1.82) is 0 Å². The molecule has 1 fully saturated rings. The number of aromatic nitrogens is 1. The first-order chi connectivity index (χ1) is 12.2. The summed E-state index contributed by atoms with van der Waals surface area (Å²) in [5.74, 6) is 0.448. The number of nitrogens with zero attached hydrogens (tertiary/aromatic N) is 1. The summed E-state index contributed by atoms with van der Waals surface area (Å²) < 4.78 is 11.5. The van der Waals surface area contributed by atoms with Gasteiger partial charge in [0.2, 0.25) is 0 Å². The van der Waals surface area contributed by atoms with Crippen LogP contribution in [0, 0.1) is 0 Å². The monoisotopic (exact) mass is 354 g/mol. The number of hydrogen-bond acceptors (Lipinski definition) is 6. The topological polar surface area (TPSA) is 60.5 Å². The second-order valence-electron chi connectivity index (χ2n) is 6.04. The Kier molecular flexibility index (Phi) is 4.28. The molecule has 0 aliphatic heterocycles. The SMILES string of the molecule is COc1ccc(COC(=O)c2ccc3nc(NC4CC4)sc3c2)cc1. The van der Waals surface area contributed by atoms with E-state index in [1.165, 1.54) is 12.8 Å². The third kappa shape index (κ3) is 3.74. The molecule has 4 rings (SSSR count). The van der Waals surface area contributed by atoms with Crippen LogP contribution in [0.5, 0.6) is 5.75 Å². The zero-order valence-corrected chi connectivity index (χ0v) is 14.6. The van der Waals surface area contributed by atoms with Crippen LogP contribution in [0.3, 0.4) is 0 Å². The molecular formula is C19H18N2O3S. The molecule has 3 aromatic rings. The molecule has 1 aromatic heterocycles. The molecule has 0 amide bonds. The summed E-state index contributed by atoms with van der Waals surface area (Å²) in [4.78, 5) is 16.8. The average molecular weight is 354 g/mol. The lowest BCUT2D eigenvalue weighted by molar-refractivity contribution is 0.0473. The van der Waals surface area contributed by atoms with E-state index in [1.54, 1.807) is 24.5 Å². The molecule has 0 unspecified atom stereocenters. The Bertz CT molecular complexity index is 901. The number of benzene rings is 2. The zero-order chi connectivity index (χ0) is 17.2. The normalized spacial score (nSPS) is 13.6. The van der Waals surface area contributed by atoms with Crippen LogP contribution in [0.4, 0.5) is 5.13 Å². The van der Waals surface area contributed by atoms with Crippen molar-refractivity contribution in [2.45, 2.75) is 25.5 Å². The van der Waals surface area contributed by atoms with Gasteiger partial charge in [-0.25, -0.2) is 9.78 Å². The van der Waals surface area contributed by atoms with E-state index < -0.39 is 0 Å². The lowest BCUT2D eigenvalue weighted by Crippen LogP contribution is -2.05. The van der Waals surface area contributed by atoms with Crippen LogP contribution >= 0.6 is 11.3 Å². The minimum atomic E-state index is -0.331. The molecule has 1 aliphatic carbocycles. The summed E-state index contributed by atoms with van der Waals surface area (Å²) in [6.45, 7) is 0.234. The number of carbonyl (C=O) groups is 1. The number of esters is 1. The molecule has 1 N–H and O–H groups in total. The van der Waals surface area contributed by atoms with Crippen molar-refractivity contribution >= 4 is 32.7 Å². The maximum Gasteiger partial charge on any atom is 0.338 e. The van der Waals surface area contributed by atoms with Gasteiger partial charge < -0.3 is 14.8 Å². The van der Waals surface area contributed by atoms with Crippen LogP contribution in [0.25, 0.3) is 10.2 Å². The molecule has 1 saturated carbocycles. The molecule has 128 valence electrons. The highest BCUT2D eigenvalue weighted by Crippen LogP contribution is 2.31. The van der Waals surface area contributed by atoms with Crippen LogP contribution in [-0.2, 0) is 11.3 Å². The van der Waals surface area contributed by atoms with Crippen LogP contribution < -0.4 is 10.1 Å². The molecule has 0 spiro atoms. The highest BCUT2D eigenvalue weighted by molar-refractivity contribution is 7.22. The van der Waals surface area contributed by atoms with Gasteiger partial charge in [0.15, 0.2) is 5.13 Å². The van der Waals surface area contributed by atoms with Gasteiger partial charge in [-0.3, -0.25) is 0 Å².